The molecule has 1 saturated carbocycles. The number of alkyl halides is 1. The van der Waals surface area contributed by atoms with Gasteiger partial charge in [0.1, 0.15) is 0 Å². The largest absolute Gasteiger partial charge is 0.465 e. The maximum Gasteiger partial charge on any atom is 0.314 e. The Bertz CT molecular complexity index is 284. The smallest absolute Gasteiger partial charge is 0.314 e. The van der Waals surface area contributed by atoms with Crippen molar-refractivity contribution in [2.24, 2.45) is 5.41 Å². The van der Waals surface area contributed by atoms with E-state index in [1.54, 1.807) is 0 Å². The lowest BCUT2D eigenvalue weighted by molar-refractivity contribution is -0.161. The first-order chi connectivity index (χ1) is 7.62. The molecule has 0 aromatic carbocycles. The fourth-order valence-electron chi connectivity index (χ4n) is 3.10. The van der Waals surface area contributed by atoms with E-state index in [-0.39, 0.29) is 23.1 Å². The molecule has 2 saturated heterocycles. The van der Waals surface area contributed by atoms with E-state index in [9.17, 15) is 4.79 Å². The summed E-state index contributed by atoms with van der Waals surface area (Å²) in [7, 11) is 0. The van der Waals surface area contributed by atoms with Gasteiger partial charge in [-0.15, -0.1) is 0 Å². The Morgan fingerprint density at radius 1 is 1.50 bits per heavy atom. The topological polar surface area (TPSA) is 35.5 Å². The molecule has 2 aliphatic heterocycles. The predicted octanol–water partition coefficient (Wildman–Crippen LogP) is 2.70. The third-order valence-electron chi connectivity index (χ3n) is 3.76. The second-order valence-electron chi connectivity index (χ2n) is 4.94. The monoisotopic (exact) mass is 338 g/mol. The van der Waals surface area contributed by atoms with Gasteiger partial charge in [0.2, 0.25) is 0 Å². The summed E-state index contributed by atoms with van der Waals surface area (Å²) in [5.74, 6) is -0.0357. The van der Waals surface area contributed by atoms with E-state index in [2.05, 4.69) is 29.5 Å². The van der Waals surface area contributed by atoms with Gasteiger partial charge in [-0.1, -0.05) is 35.9 Å². The average molecular weight is 338 g/mol. The zero-order chi connectivity index (χ0) is 11.8. The average Bonchev–Trinajstić information content (AvgIpc) is 2.69. The zero-order valence-electron chi connectivity index (χ0n) is 9.92. The highest BCUT2D eigenvalue weighted by molar-refractivity contribution is 14.1. The first kappa shape index (κ1) is 12.6. The van der Waals surface area contributed by atoms with Crippen molar-refractivity contribution in [2.75, 3.05) is 11.0 Å². The maximum absolute atomic E-state index is 12.0. The molecule has 0 amide bonds. The highest BCUT2D eigenvalue weighted by Crippen LogP contribution is 2.63. The van der Waals surface area contributed by atoms with Gasteiger partial charge in [0.15, 0.2) is 0 Å². The van der Waals surface area contributed by atoms with Crippen LogP contribution in [0.3, 0.4) is 0 Å². The Morgan fingerprint density at radius 2 is 2.19 bits per heavy atom. The molecule has 0 N–H and O–H groups in total. The first-order valence-electron chi connectivity index (χ1n) is 6.03. The van der Waals surface area contributed by atoms with E-state index in [4.69, 9.17) is 9.47 Å². The molecular weight excluding hydrogens is 319 g/mol. The van der Waals surface area contributed by atoms with Crippen molar-refractivity contribution in [3.8, 4) is 0 Å². The minimum atomic E-state index is -0.308. The fraction of sp³-hybridized carbons (Fsp3) is 0.917. The lowest BCUT2D eigenvalue weighted by Crippen LogP contribution is -2.51. The van der Waals surface area contributed by atoms with E-state index in [0.29, 0.717) is 6.61 Å². The second-order valence-corrected chi connectivity index (χ2v) is 5.70. The highest BCUT2D eigenvalue weighted by Gasteiger charge is 2.71. The Hall–Kier alpha value is 0.160. The van der Waals surface area contributed by atoms with E-state index < -0.39 is 0 Å². The van der Waals surface area contributed by atoms with Gasteiger partial charge in [0, 0.05) is 4.43 Å². The number of carbonyl (C=O) groups excluding carboxylic acids is 1. The first-order valence-corrected chi connectivity index (χ1v) is 7.56. The standard InChI is InChI=1S/C12H19IO3/c1-3-5-9-12(10(14)15-4-2)6-11(7-12,8-13)16-9/h9H,3-8H2,1-2H3. The van der Waals surface area contributed by atoms with Gasteiger partial charge in [-0.2, -0.15) is 0 Å². The predicted molar refractivity (Wildman–Crippen MR) is 69.7 cm³/mol. The number of carbonyl (C=O) groups is 1. The third kappa shape index (κ3) is 1.68. The molecule has 1 atom stereocenters. The molecule has 2 bridgehead atoms. The van der Waals surface area contributed by atoms with Gasteiger partial charge in [-0.05, 0) is 26.2 Å². The molecule has 3 aliphatic rings. The molecule has 0 aromatic rings. The van der Waals surface area contributed by atoms with Gasteiger partial charge in [0.05, 0.1) is 23.7 Å². The molecule has 16 heavy (non-hydrogen) atoms. The molecule has 3 nitrogen and oxygen atoms in total. The summed E-state index contributed by atoms with van der Waals surface area (Å²) < 4.78 is 12.3. The van der Waals surface area contributed by atoms with Crippen LogP contribution in [-0.2, 0) is 14.3 Å². The van der Waals surface area contributed by atoms with Gasteiger partial charge < -0.3 is 9.47 Å². The molecule has 0 aromatic heterocycles. The molecule has 2 heterocycles. The molecule has 4 heteroatoms. The summed E-state index contributed by atoms with van der Waals surface area (Å²) in [6.45, 7) is 4.47. The zero-order valence-corrected chi connectivity index (χ0v) is 12.1. The third-order valence-corrected chi connectivity index (χ3v) is 5.15. The summed E-state index contributed by atoms with van der Waals surface area (Å²) in [4.78, 5) is 12.0. The minimum Gasteiger partial charge on any atom is -0.465 e. The molecule has 92 valence electrons. The Morgan fingerprint density at radius 3 is 2.69 bits per heavy atom. The Labute approximate surface area is 110 Å². The van der Waals surface area contributed by atoms with Crippen molar-refractivity contribution in [1.29, 1.82) is 0 Å². The number of esters is 1. The van der Waals surface area contributed by atoms with Gasteiger partial charge >= 0.3 is 5.97 Å². The van der Waals surface area contributed by atoms with Crippen LogP contribution in [-0.4, -0.2) is 28.7 Å². The molecule has 0 spiro atoms. The van der Waals surface area contributed by atoms with Crippen molar-refractivity contribution in [2.45, 2.75) is 51.2 Å². The molecule has 3 fully saturated rings. The number of hydrogen-bond donors (Lipinski definition) is 0. The lowest BCUT2D eigenvalue weighted by atomic mass is 9.60. The fourth-order valence-corrected chi connectivity index (χ4v) is 3.82. The summed E-state index contributed by atoms with van der Waals surface area (Å²) in [5.41, 5.74) is -0.329. The molecule has 0 radical (unpaired) electrons. The van der Waals surface area contributed by atoms with Crippen LogP contribution in [0.25, 0.3) is 0 Å². The minimum absolute atomic E-state index is 0.0207. The summed E-state index contributed by atoms with van der Waals surface area (Å²) in [5, 5.41) is 0. The van der Waals surface area contributed by atoms with E-state index in [0.717, 1.165) is 30.1 Å². The van der Waals surface area contributed by atoms with Crippen molar-refractivity contribution in [3.63, 3.8) is 0 Å². The van der Waals surface area contributed by atoms with Gasteiger partial charge in [-0.3, -0.25) is 4.79 Å². The van der Waals surface area contributed by atoms with Crippen molar-refractivity contribution in [1.82, 2.24) is 0 Å². The van der Waals surface area contributed by atoms with Crippen LogP contribution in [0.15, 0.2) is 0 Å². The number of hydrogen-bond acceptors (Lipinski definition) is 3. The summed E-state index contributed by atoms with van der Waals surface area (Å²) >= 11 is 2.36. The van der Waals surface area contributed by atoms with E-state index in [1.165, 1.54) is 0 Å². The molecule has 3 rings (SSSR count). The lowest BCUT2D eigenvalue weighted by Gasteiger charge is -2.42. The van der Waals surface area contributed by atoms with Gasteiger partial charge in [0.25, 0.3) is 0 Å². The van der Waals surface area contributed by atoms with Crippen LogP contribution < -0.4 is 0 Å². The van der Waals surface area contributed by atoms with Crippen LogP contribution >= 0.6 is 22.6 Å². The Balaban J connectivity index is 2.12. The Kier molecular flexibility index (Phi) is 3.50. The van der Waals surface area contributed by atoms with Crippen molar-refractivity contribution in [3.05, 3.63) is 0 Å². The number of fused-ring (bicyclic) bond motifs is 1. The van der Waals surface area contributed by atoms with Crippen molar-refractivity contribution >= 4 is 28.6 Å². The summed E-state index contributed by atoms with van der Waals surface area (Å²) in [6.07, 6.45) is 3.85. The van der Waals surface area contributed by atoms with Crippen molar-refractivity contribution < 1.29 is 14.3 Å². The number of ether oxygens (including phenoxy) is 2. The van der Waals surface area contributed by atoms with Crippen LogP contribution in [0.2, 0.25) is 0 Å². The molecule has 1 unspecified atom stereocenters. The van der Waals surface area contributed by atoms with Crippen LogP contribution in [0.5, 0.6) is 0 Å². The quantitative estimate of drug-likeness (QED) is 0.439. The van der Waals surface area contributed by atoms with Crippen LogP contribution in [0.1, 0.15) is 39.5 Å². The highest BCUT2D eigenvalue weighted by atomic mass is 127. The number of rotatable bonds is 5. The molecular formula is C12H19IO3. The SMILES string of the molecule is CCCC1OC2(CI)CC1(C(=O)OCC)C2. The van der Waals surface area contributed by atoms with Crippen LogP contribution in [0, 0.1) is 5.41 Å². The number of halogens is 1. The molecule has 1 aliphatic carbocycles. The summed E-state index contributed by atoms with van der Waals surface area (Å²) in [6, 6.07) is 0. The van der Waals surface area contributed by atoms with Gasteiger partial charge in [-0.25, -0.2) is 0 Å². The van der Waals surface area contributed by atoms with Crippen LogP contribution in [0.4, 0.5) is 0 Å². The normalized spacial score (nSPS) is 40.6. The second kappa shape index (κ2) is 4.44. The van der Waals surface area contributed by atoms with E-state index >= 15 is 0 Å². The van der Waals surface area contributed by atoms with E-state index in [1.807, 2.05) is 6.92 Å². The maximum atomic E-state index is 12.0.